The van der Waals surface area contributed by atoms with Gasteiger partial charge in [-0.3, -0.25) is 0 Å². The Kier molecular flexibility index (Phi) is 3.70. The Balaban J connectivity index is 2.56. The van der Waals surface area contributed by atoms with Gasteiger partial charge in [0.05, 0.1) is 17.2 Å². The number of nitriles is 1. The molecule has 0 aliphatic rings. The molecule has 2 N–H and O–H groups in total. The Labute approximate surface area is 90.4 Å². The minimum Gasteiger partial charge on any atom is -0.388 e. The lowest BCUT2D eigenvalue weighted by Gasteiger charge is -2.22. The van der Waals surface area contributed by atoms with Crippen molar-refractivity contribution in [2.45, 2.75) is 25.9 Å². The van der Waals surface area contributed by atoms with E-state index in [4.69, 9.17) is 5.26 Å². The zero-order valence-corrected chi connectivity index (χ0v) is 9.12. The number of anilines is 1. The van der Waals surface area contributed by atoms with Crippen molar-refractivity contribution in [3.63, 3.8) is 0 Å². The minimum absolute atomic E-state index is 0.509. The predicted octanol–water partition coefficient (Wildman–Crippen LogP) is 2.13. The van der Waals surface area contributed by atoms with Crippen LogP contribution in [0.4, 0.5) is 5.69 Å². The van der Waals surface area contributed by atoms with E-state index in [1.807, 2.05) is 19.1 Å². The van der Waals surface area contributed by atoms with Crippen molar-refractivity contribution in [1.82, 2.24) is 0 Å². The quantitative estimate of drug-likeness (QED) is 0.790. The predicted molar refractivity (Wildman–Crippen MR) is 60.6 cm³/mol. The van der Waals surface area contributed by atoms with Crippen LogP contribution >= 0.6 is 0 Å². The number of benzene rings is 1. The first-order valence-electron chi connectivity index (χ1n) is 5.04. The fourth-order valence-electron chi connectivity index (χ4n) is 1.08. The molecule has 0 amide bonds. The van der Waals surface area contributed by atoms with Gasteiger partial charge in [0.25, 0.3) is 0 Å². The van der Waals surface area contributed by atoms with Crippen LogP contribution in [0.1, 0.15) is 25.8 Å². The van der Waals surface area contributed by atoms with Gasteiger partial charge in [-0.1, -0.05) is 6.92 Å². The SMILES string of the molecule is CCC(C)(O)CNc1ccc(C#N)cc1. The summed E-state index contributed by atoms with van der Waals surface area (Å²) in [6.07, 6.45) is 0.705. The van der Waals surface area contributed by atoms with E-state index in [2.05, 4.69) is 11.4 Å². The van der Waals surface area contributed by atoms with Gasteiger partial charge in [0.2, 0.25) is 0 Å². The monoisotopic (exact) mass is 204 g/mol. The zero-order valence-electron chi connectivity index (χ0n) is 9.12. The van der Waals surface area contributed by atoms with Crippen LogP contribution < -0.4 is 5.32 Å². The molecule has 0 aromatic heterocycles. The molecular weight excluding hydrogens is 188 g/mol. The molecule has 1 rings (SSSR count). The third-order valence-corrected chi connectivity index (χ3v) is 2.45. The maximum atomic E-state index is 9.77. The lowest BCUT2D eigenvalue weighted by molar-refractivity contribution is 0.0697. The largest absolute Gasteiger partial charge is 0.388 e. The zero-order chi connectivity index (χ0) is 11.3. The summed E-state index contributed by atoms with van der Waals surface area (Å²) in [6, 6.07) is 9.24. The third kappa shape index (κ3) is 3.61. The van der Waals surface area contributed by atoms with Gasteiger partial charge < -0.3 is 10.4 Å². The molecule has 0 spiro atoms. The molecule has 0 saturated carbocycles. The van der Waals surface area contributed by atoms with Crippen molar-refractivity contribution < 1.29 is 5.11 Å². The van der Waals surface area contributed by atoms with Gasteiger partial charge in [0, 0.05) is 12.2 Å². The Morgan fingerprint density at radius 2 is 2.00 bits per heavy atom. The molecule has 0 aliphatic heterocycles. The fraction of sp³-hybridized carbons (Fsp3) is 0.417. The van der Waals surface area contributed by atoms with Crippen LogP contribution in [-0.4, -0.2) is 17.3 Å². The first kappa shape index (κ1) is 11.5. The molecule has 15 heavy (non-hydrogen) atoms. The molecular formula is C12H16N2O. The Hall–Kier alpha value is -1.53. The number of aliphatic hydroxyl groups is 1. The second-order valence-corrected chi connectivity index (χ2v) is 3.89. The van der Waals surface area contributed by atoms with Crippen LogP contribution in [0.2, 0.25) is 0 Å². The highest BCUT2D eigenvalue weighted by molar-refractivity contribution is 5.47. The maximum absolute atomic E-state index is 9.77. The summed E-state index contributed by atoms with van der Waals surface area (Å²) in [7, 11) is 0. The molecule has 0 fully saturated rings. The smallest absolute Gasteiger partial charge is 0.0991 e. The Morgan fingerprint density at radius 3 is 2.47 bits per heavy atom. The number of nitrogens with one attached hydrogen (secondary N) is 1. The van der Waals surface area contributed by atoms with Crippen LogP contribution in [0.3, 0.4) is 0 Å². The van der Waals surface area contributed by atoms with Crippen LogP contribution in [0.25, 0.3) is 0 Å². The fourth-order valence-corrected chi connectivity index (χ4v) is 1.08. The van der Waals surface area contributed by atoms with Crippen LogP contribution in [-0.2, 0) is 0 Å². The van der Waals surface area contributed by atoms with E-state index in [0.717, 1.165) is 5.69 Å². The molecule has 0 aliphatic carbocycles. The number of nitrogens with zero attached hydrogens (tertiary/aromatic N) is 1. The van der Waals surface area contributed by atoms with Gasteiger partial charge in [-0.05, 0) is 37.6 Å². The standard InChI is InChI=1S/C12H16N2O/c1-3-12(2,15)9-14-11-6-4-10(8-13)5-7-11/h4-7,14-15H,3,9H2,1-2H3. The van der Waals surface area contributed by atoms with Gasteiger partial charge in [0.15, 0.2) is 0 Å². The number of rotatable bonds is 4. The van der Waals surface area contributed by atoms with Crippen molar-refractivity contribution in [2.75, 3.05) is 11.9 Å². The van der Waals surface area contributed by atoms with E-state index in [1.165, 1.54) is 0 Å². The molecule has 0 heterocycles. The number of hydrogen-bond donors (Lipinski definition) is 2. The maximum Gasteiger partial charge on any atom is 0.0991 e. The van der Waals surface area contributed by atoms with E-state index in [0.29, 0.717) is 18.5 Å². The molecule has 1 atom stereocenters. The van der Waals surface area contributed by atoms with E-state index in [-0.39, 0.29) is 0 Å². The average molecular weight is 204 g/mol. The normalized spacial score (nSPS) is 14.0. The summed E-state index contributed by atoms with van der Waals surface area (Å²) in [5.41, 5.74) is 0.874. The van der Waals surface area contributed by atoms with Gasteiger partial charge in [-0.15, -0.1) is 0 Å². The lowest BCUT2D eigenvalue weighted by Crippen LogP contribution is -2.32. The van der Waals surface area contributed by atoms with Gasteiger partial charge in [0.1, 0.15) is 0 Å². The number of hydrogen-bond acceptors (Lipinski definition) is 3. The van der Waals surface area contributed by atoms with E-state index >= 15 is 0 Å². The van der Waals surface area contributed by atoms with Crippen LogP contribution in [0.15, 0.2) is 24.3 Å². The van der Waals surface area contributed by atoms with Crippen molar-refractivity contribution in [2.24, 2.45) is 0 Å². The molecule has 3 heteroatoms. The van der Waals surface area contributed by atoms with Crippen molar-refractivity contribution in [1.29, 1.82) is 5.26 Å². The van der Waals surface area contributed by atoms with E-state index in [9.17, 15) is 5.11 Å². The first-order valence-corrected chi connectivity index (χ1v) is 5.04. The summed E-state index contributed by atoms with van der Waals surface area (Å²) in [4.78, 5) is 0. The molecule has 1 aromatic rings. The lowest BCUT2D eigenvalue weighted by atomic mass is 10.0. The molecule has 0 radical (unpaired) electrons. The average Bonchev–Trinajstić information content (AvgIpc) is 2.27. The second kappa shape index (κ2) is 4.81. The summed E-state index contributed by atoms with van der Waals surface area (Å²) in [5.74, 6) is 0. The topological polar surface area (TPSA) is 56.0 Å². The summed E-state index contributed by atoms with van der Waals surface area (Å²) in [5, 5.41) is 21.5. The first-order chi connectivity index (χ1) is 7.07. The molecule has 1 unspecified atom stereocenters. The van der Waals surface area contributed by atoms with Crippen LogP contribution in [0, 0.1) is 11.3 Å². The second-order valence-electron chi connectivity index (χ2n) is 3.89. The molecule has 80 valence electrons. The highest BCUT2D eigenvalue weighted by atomic mass is 16.3. The Bertz CT molecular complexity index is 349. The summed E-state index contributed by atoms with van der Waals surface area (Å²) >= 11 is 0. The van der Waals surface area contributed by atoms with Gasteiger partial charge in [-0.25, -0.2) is 0 Å². The highest BCUT2D eigenvalue weighted by Crippen LogP contribution is 2.13. The molecule has 0 bridgehead atoms. The van der Waals surface area contributed by atoms with Crippen molar-refractivity contribution in [3.05, 3.63) is 29.8 Å². The molecule has 3 nitrogen and oxygen atoms in total. The van der Waals surface area contributed by atoms with Gasteiger partial charge >= 0.3 is 0 Å². The van der Waals surface area contributed by atoms with Crippen molar-refractivity contribution in [3.8, 4) is 6.07 Å². The van der Waals surface area contributed by atoms with E-state index < -0.39 is 5.60 Å². The highest BCUT2D eigenvalue weighted by Gasteiger charge is 2.16. The van der Waals surface area contributed by atoms with E-state index in [1.54, 1.807) is 19.1 Å². The molecule has 1 aromatic carbocycles. The Morgan fingerprint density at radius 1 is 1.40 bits per heavy atom. The van der Waals surface area contributed by atoms with Crippen molar-refractivity contribution >= 4 is 5.69 Å². The van der Waals surface area contributed by atoms with Gasteiger partial charge in [-0.2, -0.15) is 5.26 Å². The summed E-state index contributed by atoms with van der Waals surface area (Å²) in [6.45, 7) is 4.25. The molecule has 0 saturated heterocycles. The summed E-state index contributed by atoms with van der Waals surface area (Å²) < 4.78 is 0. The van der Waals surface area contributed by atoms with Crippen LogP contribution in [0.5, 0.6) is 0 Å². The third-order valence-electron chi connectivity index (χ3n) is 2.45. The minimum atomic E-state index is -0.687.